The molecule has 0 fully saturated rings. The normalized spacial score (nSPS) is 12.9. The topological polar surface area (TPSA) is 38.8 Å². The van der Waals surface area contributed by atoms with Crippen LogP contribution in [0.15, 0.2) is 42.5 Å². The van der Waals surface area contributed by atoms with Gasteiger partial charge in [-0.2, -0.15) is 0 Å². The number of benzene rings is 2. The molecule has 0 aromatic heterocycles. The molecule has 23 heavy (non-hydrogen) atoms. The summed E-state index contributed by atoms with van der Waals surface area (Å²) in [6, 6.07) is 13.8. The molecule has 0 saturated heterocycles. The summed E-state index contributed by atoms with van der Waals surface area (Å²) in [5, 5.41) is 0. The smallest absolute Gasteiger partial charge is 0.227 e. The summed E-state index contributed by atoms with van der Waals surface area (Å²) in [6.45, 7) is 0.771. The van der Waals surface area contributed by atoms with Crippen LogP contribution in [0.5, 0.6) is 11.5 Å². The van der Waals surface area contributed by atoms with Crippen molar-refractivity contribution in [2.75, 3.05) is 25.7 Å². The maximum atomic E-state index is 12.6. The second-order valence-electron chi connectivity index (χ2n) is 5.60. The molecule has 0 radical (unpaired) electrons. The zero-order valence-corrected chi connectivity index (χ0v) is 13.5. The number of hydrogen-bond acceptors (Lipinski definition) is 3. The molecule has 0 spiro atoms. The van der Waals surface area contributed by atoms with Crippen molar-refractivity contribution in [1.82, 2.24) is 0 Å². The van der Waals surface area contributed by atoms with Crippen molar-refractivity contribution in [1.29, 1.82) is 0 Å². The number of anilines is 1. The van der Waals surface area contributed by atoms with E-state index in [0.29, 0.717) is 12.8 Å². The van der Waals surface area contributed by atoms with Crippen LogP contribution in [0.4, 0.5) is 5.69 Å². The van der Waals surface area contributed by atoms with Gasteiger partial charge in [0.1, 0.15) is 11.5 Å². The number of hydrogen-bond donors (Lipinski definition) is 0. The molecule has 0 atom stereocenters. The Labute approximate surface area is 136 Å². The highest BCUT2D eigenvalue weighted by molar-refractivity contribution is 5.95. The highest BCUT2D eigenvalue weighted by atomic mass is 16.5. The van der Waals surface area contributed by atoms with Gasteiger partial charge in [-0.05, 0) is 48.2 Å². The van der Waals surface area contributed by atoms with E-state index >= 15 is 0 Å². The molecule has 4 nitrogen and oxygen atoms in total. The number of methoxy groups -OCH3 is 2. The number of aryl methyl sites for hydroxylation is 1. The molecule has 0 bridgehead atoms. The molecule has 120 valence electrons. The zero-order valence-electron chi connectivity index (χ0n) is 13.5. The fraction of sp³-hybridized carbons (Fsp3) is 0.316. The Morgan fingerprint density at radius 3 is 2.74 bits per heavy atom. The van der Waals surface area contributed by atoms with E-state index in [2.05, 4.69) is 6.07 Å². The van der Waals surface area contributed by atoms with Gasteiger partial charge in [0.25, 0.3) is 0 Å². The lowest BCUT2D eigenvalue weighted by Gasteiger charge is -2.18. The van der Waals surface area contributed by atoms with Crippen LogP contribution in [-0.4, -0.2) is 26.7 Å². The number of rotatable bonds is 5. The minimum atomic E-state index is 0.153. The fourth-order valence-electron chi connectivity index (χ4n) is 3.05. The highest BCUT2D eigenvalue weighted by Gasteiger charge is 2.23. The largest absolute Gasteiger partial charge is 0.497 e. The molecule has 1 aliphatic heterocycles. The van der Waals surface area contributed by atoms with E-state index in [0.717, 1.165) is 35.7 Å². The molecule has 0 N–H and O–H groups in total. The first-order chi connectivity index (χ1) is 11.2. The van der Waals surface area contributed by atoms with Crippen molar-refractivity contribution in [3.05, 3.63) is 53.6 Å². The summed E-state index contributed by atoms with van der Waals surface area (Å²) in [6.07, 6.45) is 2.03. The Kier molecular flexibility index (Phi) is 4.51. The Hall–Kier alpha value is -2.49. The van der Waals surface area contributed by atoms with Crippen molar-refractivity contribution in [3.63, 3.8) is 0 Å². The van der Waals surface area contributed by atoms with Crippen LogP contribution in [0, 0.1) is 0 Å². The molecule has 2 aromatic carbocycles. The first kappa shape index (κ1) is 15.4. The Morgan fingerprint density at radius 2 is 1.96 bits per heavy atom. The molecule has 4 heteroatoms. The highest BCUT2D eigenvalue weighted by Crippen LogP contribution is 2.29. The summed E-state index contributed by atoms with van der Waals surface area (Å²) in [5.41, 5.74) is 3.29. The Morgan fingerprint density at radius 1 is 1.13 bits per heavy atom. The SMILES string of the molecule is COc1ccc(OC)c(CCC(=O)N2CCc3ccccc32)c1. The van der Waals surface area contributed by atoms with Gasteiger partial charge < -0.3 is 14.4 Å². The van der Waals surface area contributed by atoms with Crippen LogP contribution in [0.1, 0.15) is 17.5 Å². The third-order valence-corrected chi connectivity index (χ3v) is 4.28. The van der Waals surface area contributed by atoms with Crippen molar-refractivity contribution in [2.24, 2.45) is 0 Å². The molecule has 0 aliphatic carbocycles. The molecular weight excluding hydrogens is 290 g/mol. The van der Waals surface area contributed by atoms with E-state index in [1.165, 1.54) is 5.56 Å². The molecular formula is C19H21NO3. The molecule has 1 heterocycles. The van der Waals surface area contributed by atoms with Crippen LogP contribution >= 0.6 is 0 Å². The molecule has 2 aromatic rings. The van der Waals surface area contributed by atoms with Gasteiger partial charge in [-0.15, -0.1) is 0 Å². The van der Waals surface area contributed by atoms with Gasteiger partial charge in [0.15, 0.2) is 0 Å². The predicted octanol–water partition coefficient (Wildman–Crippen LogP) is 3.23. The predicted molar refractivity (Wildman–Crippen MR) is 90.4 cm³/mol. The lowest BCUT2D eigenvalue weighted by Crippen LogP contribution is -2.29. The van der Waals surface area contributed by atoms with Crippen LogP contribution < -0.4 is 14.4 Å². The molecule has 1 amide bonds. The number of amides is 1. The Balaban J connectivity index is 1.71. The minimum Gasteiger partial charge on any atom is -0.497 e. The zero-order chi connectivity index (χ0) is 16.2. The minimum absolute atomic E-state index is 0.153. The summed E-state index contributed by atoms with van der Waals surface area (Å²) in [7, 11) is 3.28. The van der Waals surface area contributed by atoms with E-state index in [-0.39, 0.29) is 5.91 Å². The van der Waals surface area contributed by atoms with E-state index in [4.69, 9.17) is 9.47 Å². The Bertz CT molecular complexity index is 712. The van der Waals surface area contributed by atoms with E-state index in [1.807, 2.05) is 41.3 Å². The monoisotopic (exact) mass is 311 g/mol. The molecule has 1 aliphatic rings. The fourth-order valence-corrected chi connectivity index (χ4v) is 3.05. The molecule has 3 rings (SSSR count). The second kappa shape index (κ2) is 6.73. The van der Waals surface area contributed by atoms with Gasteiger partial charge in [0.05, 0.1) is 14.2 Å². The lowest BCUT2D eigenvalue weighted by molar-refractivity contribution is -0.118. The maximum Gasteiger partial charge on any atom is 0.227 e. The van der Waals surface area contributed by atoms with Gasteiger partial charge >= 0.3 is 0 Å². The van der Waals surface area contributed by atoms with Crippen LogP contribution in [0.25, 0.3) is 0 Å². The van der Waals surface area contributed by atoms with E-state index in [1.54, 1.807) is 14.2 Å². The number of fused-ring (bicyclic) bond motifs is 1. The van der Waals surface area contributed by atoms with Gasteiger partial charge in [-0.1, -0.05) is 18.2 Å². The maximum absolute atomic E-state index is 12.6. The third kappa shape index (κ3) is 3.16. The number of para-hydroxylation sites is 1. The summed E-state index contributed by atoms with van der Waals surface area (Å²) in [4.78, 5) is 14.5. The van der Waals surface area contributed by atoms with Crippen LogP contribution in [0.2, 0.25) is 0 Å². The van der Waals surface area contributed by atoms with Crippen molar-refractivity contribution >= 4 is 11.6 Å². The summed E-state index contributed by atoms with van der Waals surface area (Å²) >= 11 is 0. The summed E-state index contributed by atoms with van der Waals surface area (Å²) < 4.78 is 10.6. The van der Waals surface area contributed by atoms with E-state index < -0.39 is 0 Å². The van der Waals surface area contributed by atoms with Gasteiger partial charge in [0.2, 0.25) is 5.91 Å². The van der Waals surface area contributed by atoms with Gasteiger partial charge in [0, 0.05) is 18.7 Å². The second-order valence-corrected chi connectivity index (χ2v) is 5.60. The van der Waals surface area contributed by atoms with Crippen molar-refractivity contribution < 1.29 is 14.3 Å². The van der Waals surface area contributed by atoms with Crippen molar-refractivity contribution in [2.45, 2.75) is 19.3 Å². The lowest BCUT2D eigenvalue weighted by atomic mass is 10.1. The van der Waals surface area contributed by atoms with E-state index in [9.17, 15) is 4.79 Å². The van der Waals surface area contributed by atoms with Crippen LogP contribution in [-0.2, 0) is 17.6 Å². The first-order valence-corrected chi connectivity index (χ1v) is 7.82. The van der Waals surface area contributed by atoms with Gasteiger partial charge in [-0.25, -0.2) is 0 Å². The van der Waals surface area contributed by atoms with Gasteiger partial charge in [-0.3, -0.25) is 4.79 Å². The summed E-state index contributed by atoms with van der Waals surface area (Å²) in [5.74, 6) is 1.72. The third-order valence-electron chi connectivity index (χ3n) is 4.28. The molecule has 0 saturated carbocycles. The standard InChI is InChI=1S/C19H21NO3/c1-22-16-8-9-18(23-2)15(13-16)7-10-19(21)20-12-11-14-5-3-4-6-17(14)20/h3-6,8-9,13H,7,10-12H2,1-2H3. The average Bonchev–Trinajstić information content (AvgIpc) is 3.03. The quantitative estimate of drug-likeness (QED) is 0.851. The van der Waals surface area contributed by atoms with Crippen molar-refractivity contribution in [3.8, 4) is 11.5 Å². The number of nitrogens with zero attached hydrogens (tertiary/aromatic N) is 1. The number of carbonyl (C=O) groups is 1. The van der Waals surface area contributed by atoms with Crippen LogP contribution in [0.3, 0.4) is 0 Å². The molecule has 0 unspecified atom stereocenters. The first-order valence-electron chi connectivity index (χ1n) is 7.82. The average molecular weight is 311 g/mol. The number of ether oxygens (including phenoxy) is 2. The number of carbonyl (C=O) groups excluding carboxylic acids is 1.